The molecule has 0 aliphatic rings. The van der Waals surface area contributed by atoms with E-state index < -0.39 is 6.10 Å². The molecular weight excluding hydrogens is 232 g/mol. The molecule has 0 aliphatic heterocycles. The number of carbonyl (C=O) groups excluding carboxylic acids is 1. The standard InChI is InChI=1S/C12H14N4O2/c1-9(17)8-14-12(18)11-7-10(3-5-13-11)16-6-2-4-15-16/h2-7,9,17H,8H2,1H3,(H,14,18). The summed E-state index contributed by atoms with van der Waals surface area (Å²) in [4.78, 5) is 15.7. The fourth-order valence-corrected chi connectivity index (χ4v) is 1.44. The molecule has 1 amide bonds. The molecule has 2 rings (SSSR count). The lowest BCUT2D eigenvalue weighted by atomic mass is 10.3. The number of pyridine rings is 1. The van der Waals surface area contributed by atoms with E-state index in [1.165, 1.54) is 0 Å². The van der Waals surface area contributed by atoms with Crippen molar-refractivity contribution in [3.05, 3.63) is 42.5 Å². The minimum atomic E-state index is -0.580. The minimum Gasteiger partial charge on any atom is -0.392 e. The van der Waals surface area contributed by atoms with Gasteiger partial charge in [0.15, 0.2) is 0 Å². The van der Waals surface area contributed by atoms with Crippen LogP contribution < -0.4 is 5.32 Å². The molecule has 1 unspecified atom stereocenters. The van der Waals surface area contributed by atoms with Gasteiger partial charge in [-0.3, -0.25) is 9.78 Å². The van der Waals surface area contributed by atoms with Crippen molar-refractivity contribution in [3.8, 4) is 5.69 Å². The lowest BCUT2D eigenvalue weighted by molar-refractivity contribution is 0.0919. The van der Waals surface area contributed by atoms with Crippen LogP contribution in [0.5, 0.6) is 0 Å². The van der Waals surface area contributed by atoms with Gasteiger partial charge in [0, 0.05) is 25.1 Å². The number of hydrogen-bond donors (Lipinski definition) is 2. The largest absolute Gasteiger partial charge is 0.392 e. The second-order valence-electron chi connectivity index (χ2n) is 3.91. The number of rotatable bonds is 4. The molecule has 2 aromatic rings. The maximum absolute atomic E-state index is 11.8. The number of amides is 1. The summed E-state index contributed by atoms with van der Waals surface area (Å²) >= 11 is 0. The van der Waals surface area contributed by atoms with Crippen LogP contribution in [0.4, 0.5) is 0 Å². The van der Waals surface area contributed by atoms with Crippen molar-refractivity contribution < 1.29 is 9.90 Å². The van der Waals surface area contributed by atoms with Crippen LogP contribution in [0, 0.1) is 0 Å². The predicted molar refractivity (Wildman–Crippen MR) is 65.4 cm³/mol. The van der Waals surface area contributed by atoms with Crippen molar-refractivity contribution in [2.45, 2.75) is 13.0 Å². The second kappa shape index (κ2) is 5.42. The molecule has 2 heterocycles. The molecule has 1 atom stereocenters. The van der Waals surface area contributed by atoms with Gasteiger partial charge in [-0.15, -0.1) is 0 Å². The molecule has 0 bridgehead atoms. The van der Waals surface area contributed by atoms with E-state index in [0.717, 1.165) is 5.69 Å². The van der Waals surface area contributed by atoms with Crippen LogP contribution in [-0.4, -0.2) is 38.4 Å². The van der Waals surface area contributed by atoms with E-state index >= 15 is 0 Å². The third-order valence-corrected chi connectivity index (χ3v) is 2.30. The highest BCUT2D eigenvalue weighted by Gasteiger charge is 2.09. The van der Waals surface area contributed by atoms with Gasteiger partial charge in [-0.05, 0) is 25.1 Å². The molecule has 0 saturated carbocycles. The molecule has 0 radical (unpaired) electrons. The molecule has 94 valence electrons. The molecular formula is C12H14N4O2. The van der Waals surface area contributed by atoms with Crippen molar-refractivity contribution in [1.29, 1.82) is 0 Å². The van der Waals surface area contributed by atoms with E-state index in [1.807, 2.05) is 0 Å². The number of aliphatic hydroxyl groups excluding tert-OH is 1. The first-order valence-corrected chi connectivity index (χ1v) is 5.59. The van der Waals surface area contributed by atoms with Crippen molar-refractivity contribution in [1.82, 2.24) is 20.1 Å². The monoisotopic (exact) mass is 246 g/mol. The average Bonchev–Trinajstić information content (AvgIpc) is 2.90. The van der Waals surface area contributed by atoms with Gasteiger partial charge in [-0.2, -0.15) is 5.10 Å². The first-order chi connectivity index (χ1) is 8.66. The van der Waals surface area contributed by atoms with Crippen LogP contribution in [0.2, 0.25) is 0 Å². The van der Waals surface area contributed by atoms with Crippen molar-refractivity contribution in [2.24, 2.45) is 0 Å². The molecule has 0 aliphatic carbocycles. The predicted octanol–water partition coefficient (Wildman–Crippen LogP) is 0.378. The van der Waals surface area contributed by atoms with Crippen LogP contribution in [0.25, 0.3) is 5.69 Å². The summed E-state index contributed by atoms with van der Waals surface area (Å²) < 4.78 is 1.65. The van der Waals surface area contributed by atoms with Gasteiger partial charge >= 0.3 is 0 Å². The number of aliphatic hydroxyl groups is 1. The number of nitrogens with one attached hydrogen (secondary N) is 1. The van der Waals surface area contributed by atoms with Crippen molar-refractivity contribution in [3.63, 3.8) is 0 Å². The van der Waals surface area contributed by atoms with Crippen molar-refractivity contribution in [2.75, 3.05) is 6.54 Å². The SMILES string of the molecule is CC(O)CNC(=O)c1cc(-n2cccn2)ccn1. The summed E-state index contributed by atoms with van der Waals surface area (Å²) in [5, 5.41) is 15.8. The number of aromatic nitrogens is 3. The van der Waals surface area contributed by atoms with Gasteiger partial charge in [0.05, 0.1) is 11.8 Å². The molecule has 0 spiro atoms. The third kappa shape index (κ3) is 2.92. The summed E-state index contributed by atoms with van der Waals surface area (Å²) in [6, 6.07) is 5.20. The van der Waals surface area contributed by atoms with E-state index in [2.05, 4.69) is 15.4 Å². The molecule has 0 fully saturated rings. The van der Waals surface area contributed by atoms with E-state index in [0.29, 0.717) is 5.69 Å². The van der Waals surface area contributed by atoms with Crippen LogP contribution in [0.15, 0.2) is 36.8 Å². The Labute approximate surface area is 104 Å². The number of carbonyl (C=O) groups is 1. The Kier molecular flexibility index (Phi) is 3.69. The van der Waals surface area contributed by atoms with Gasteiger partial charge < -0.3 is 10.4 Å². The van der Waals surface area contributed by atoms with Gasteiger partial charge in [-0.25, -0.2) is 4.68 Å². The zero-order valence-electron chi connectivity index (χ0n) is 9.95. The minimum absolute atomic E-state index is 0.201. The molecule has 6 heteroatoms. The maximum atomic E-state index is 11.8. The lowest BCUT2D eigenvalue weighted by Crippen LogP contribution is -2.31. The first kappa shape index (κ1) is 12.3. The summed E-state index contributed by atoms with van der Waals surface area (Å²) in [7, 11) is 0. The topological polar surface area (TPSA) is 80.0 Å². The van der Waals surface area contributed by atoms with Gasteiger partial charge in [0.1, 0.15) is 5.69 Å². The highest BCUT2D eigenvalue weighted by atomic mass is 16.3. The Hall–Kier alpha value is -2.21. The summed E-state index contributed by atoms with van der Waals surface area (Å²) in [6.45, 7) is 1.81. The van der Waals surface area contributed by atoms with Crippen molar-refractivity contribution >= 4 is 5.91 Å². The quantitative estimate of drug-likeness (QED) is 0.817. The molecule has 0 aromatic carbocycles. The Morgan fingerprint density at radius 1 is 1.56 bits per heavy atom. The number of nitrogens with zero attached hydrogens (tertiary/aromatic N) is 3. The van der Waals surface area contributed by atoms with Gasteiger partial charge in [-0.1, -0.05) is 0 Å². The molecule has 6 nitrogen and oxygen atoms in total. The van der Waals surface area contributed by atoms with E-state index in [1.54, 1.807) is 48.4 Å². The Bertz CT molecular complexity index is 523. The zero-order valence-corrected chi connectivity index (χ0v) is 9.95. The summed E-state index contributed by atoms with van der Waals surface area (Å²) in [5.74, 6) is -0.315. The van der Waals surface area contributed by atoms with Crippen LogP contribution in [-0.2, 0) is 0 Å². The highest BCUT2D eigenvalue weighted by Crippen LogP contribution is 2.06. The lowest BCUT2D eigenvalue weighted by Gasteiger charge is -2.07. The van der Waals surface area contributed by atoms with Crippen LogP contribution in [0.1, 0.15) is 17.4 Å². The highest BCUT2D eigenvalue weighted by molar-refractivity contribution is 5.92. The summed E-state index contributed by atoms with van der Waals surface area (Å²) in [5.41, 5.74) is 1.06. The first-order valence-electron chi connectivity index (χ1n) is 5.59. The fourth-order valence-electron chi connectivity index (χ4n) is 1.44. The van der Waals surface area contributed by atoms with Gasteiger partial charge in [0.2, 0.25) is 0 Å². The molecule has 18 heavy (non-hydrogen) atoms. The summed E-state index contributed by atoms with van der Waals surface area (Å²) in [6.07, 6.45) is 4.41. The van der Waals surface area contributed by atoms with Crippen LogP contribution in [0.3, 0.4) is 0 Å². The Morgan fingerprint density at radius 2 is 2.39 bits per heavy atom. The zero-order chi connectivity index (χ0) is 13.0. The van der Waals surface area contributed by atoms with E-state index in [-0.39, 0.29) is 12.5 Å². The molecule has 2 N–H and O–H groups in total. The van der Waals surface area contributed by atoms with Gasteiger partial charge in [0.25, 0.3) is 5.91 Å². The third-order valence-electron chi connectivity index (χ3n) is 2.30. The van der Waals surface area contributed by atoms with E-state index in [4.69, 9.17) is 5.11 Å². The normalized spacial score (nSPS) is 12.1. The average molecular weight is 246 g/mol. The second-order valence-corrected chi connectivity index (χ2v) is 3.91. The molecule has 0 saturated heterocycles. The maximum Gasteiger partial charge on any atom is 0.270 e. The van der Waals surface area contributed by atoms with Crippen LogP contribution >= 0.6 is 0 Å². The smallest absolute Gasteiger partial charge is 0.270 e. The Balaban J connectivity index is 2.15. The fraction of sp³-hybridized carbons (Fsp3) is 0.250. The number of hydrogen-bond acceptors (Lipinski definition) is 4. The Morgan fingerprint density at radius 3 is 3.06 bits per heavy atom. The van der Waals surface area contributed by atoms with E-state index in [9.17, 15) is 4.79 Å². The molecule has 2 aromatic heterocycles.